The van der Waals surface area contributed by atoms with E-state index in [-0.39, 0.29) is 12.6 Å². The van der Waals surface area contributed by atoms with E-state index in [1.54, 1.807) is 0 Å². The molecule has 5 nitrogen and oxygen atoms in total. The summed E-state index contributed by atoms with van der Waals surface area (Å²) in [4.78, 5) is 22.8. The van der Waals surface area contributed by atoms with Crippen molar-refractivity contribution in [2.45, 2.75) is 39.4 Å². The smallest absolute Gasteiger partial charge is 0.347 e. The lowest BCUT2D eigenvalue weighted by Crippen LogP contribution is -2.27. The zero-order valence-corrected chi connectivity index (χ0v) is 12.5. The van der Waals surface area contributed by atoms with Gasteiger partial charge in [-0.15, -0.1) is 0 Å². The van der Waals surface area contributed by atoms with E-state index >= 15 is 0 Å². The van der Waals surface area contributed by atoms with Gasteiger partial charge in [-0.05, 0) is 18.9 Å². The second-order valence-corrected chi connectivity index (χ2v) is 4.59. The number of ether oxygens (including phenoxy) is 3. The molecule has 5 heteroatoms. The standard InChI is InChI=1S/C16H22O5/c1-3-7-15(17)21-13(2)16(18)20-11-10-19-12-14-8-5-4-6-9-14/h4-6,8-9,13H,3,7,10-12H2,1-2H3/t13-/m0/s1. The normalized spacial score (nSPS) is 11.7. The number of carbonyl (C=O) groups excluding carboxylic acids is 2. The van der Waals surface area contributed by atoms with Crippen LogP contribution in [0, 0.1) is 0 Å². The quantitative estimate of drug-likeness (QED) is 0.517. The van der Waals surface area contributed by atoms with Gasteiger partial charge in [-0.1, -0.05) is 37.3 Å². The Balaban J connectivity index is 2.11. The minimum atomic E-state index is -0.877. The van der Waals surface area contributed by atoms with Gasteiger partial charge >= 0.3 is 11.9 Å². The van der Waals surface area contributed by atoms with Gasteiger partial charge in [-0.2, -0.15) is 0 Å². The molecule has 1 rings (SSSR count). The molecule has 0 aliphatic rings. The molecule has 1 atom stereocenters. The average Bonchev–Trinajstić information content (AvgIpc) is 2.48. The highest BCUT2D eigenvalue weighted by Gasteiger charge is 2.18. The van der Waals surface area contributed by atoms with Crippen LogP contribution in [0.3, 0.4) is 0 Å². The first-order valence-corrected chi connectivity index (χ1v) is 7.11. The minimum absolute atomic E-state index is 0.140. The summed E-state index contributed by atoms with van der Waals surface area (Å²) in [7, 11) is 0. The lowest BCUT2D eigenvalue weighted by atomic mass is 10.2. The Hall–Kier alpha value is -1.88. The second kappa shape index (κ2) is 9.94. The fraction of sp³-hybridized carbons (Fsp3) is 0.500. The molecule has 0 aliphatic carbocycles. The predicted molar refractivity (Wildman–Crippen MR) is 77.5 cm³/mol. The van der Waals surface area contributed by atoms with Gasteiger partial charge in [0.15, 0.2) is 6.10 Å². The van der Waals surface area contributed by atoms with E-state index in [1.165, 1.54) is 6.92 Å². The molecule has 0 aliphatic heterocycles. The molecule has 0 fully saturated rings. The van der Waals surface area contributed by atoms with Crippen molar-refractivity contribution in [1.29, 1.82) is 0 Å². The molecule has 0 radical (unpaired) electrons. The van der Waals surface area contributed by atoms with E-state index in [2.05, 4.69) is 0 Å². The number of esters is 2. The number of benzene rings is 1. The van der Waals surface area contributed by atoms with E-state index in [4.69, 9.17) is 14.2 Å². The highest BCUT2D eigenvalue weighted by molar-refractivity contribution is 5.78. The van der Waals surface area contributed by atoms with Gasteiger partial charge in [0.2, 0.25) is 0 Å². The van der Waals surface area contributed by atoms with Gasteiger partial charge in [0.05, 0.1) is 13.2 Å². The summed E-state index contributed by atoms with van der Waals surface area (Å²) in [6, 6.07) is 9.73. The summed E-state index contributed by atoms with van der Waals surface area (Å²) in [5, 5.41) is 0. The van der Waals surface area contributed by atoms with Gasteiger partial charge < -0.3 is 14.2 Å². The molecule has 0 N–H and O–H groups in total. The Labute approximate surface area is 125 Å². The first-order valence-electron chi connectivity index (χ1n) is 7.11. The second-order valence-electron chi connectivity index (χ2n) is 4.59. The first-order chi connectivity index (χ1) is 10.1. The van der Waals surface area contributed by atoms with Crippen molar-refractivity contribution in [3.8, 4) is 0 Å². The van der Waals surface area contributed by atoms with Crippen LogP contribution in [0.25, 0.3) is 0 Å². The number of carbonyl (C=O) groups is 2. The molecular weight excluding hydrogens is 272 g/mol. The molecule has 0 bridgehead atoms. The third-order valence-corrected chi connectivity index (χ3v) is 2.68. The molecule has 1 aromatic carbocycles. The Morgan fingerprint density at radius 1 is 1.14 bits per heavy atom. The largest absolute Gasteiger partial charge is 0.461 e. The van der Waals surface area contributed by atoms with Gasteiger partial charge in [0.25, 0.3) is 0 Å². The van der Waals surface area contributed by atoms with Gasteiger partial charge in [0, 0.05) is 6.42 Å². The van der Waals surface area contributed by atoms with Crippen LogP contribution >= 0.6 is 0 Å². The van der Waals surface area contributed by atoms with Crippen molar-refractivity contribution in [1.82, 2.24) is 0 Å². The highest BCUT2D eigenvalue weighted by atomic mass is 16.6. The molecule has 0 saturated heterocycles. The molecule has 0 amide bonds. The van der Waals surface area contributed by atoms with Crippen LogP contribution in [-0.4, -0.2) is 31.3 Å². The van der Waals surface area contributed by atoms with E-state index in [1.807, 2.05) is 37.3 Å². The molecule has 1 aromatic rings. The summed E-state index contributed by atoms with van der Waals surface area (Å²) < 4.78 is 15.3. The van der Waals surface area contributed by atoms with Crippen LogP contribution in [0.4, 0.5) is 0 Å². The van der Waals surface area contributed by atoms with E-state index < -0.39 is 12.1 Å². The molecule has 0 aromatic heterocycles. The first kappa shape index (κ1) is 17.2. The topological polar surface area (TPSA) is 61.8 Å². The van der Waals surface area contributed by atoms with E-state index in [0.717, 1.165) is 5.56 Å². The number of rotatable bonds is 9. The van der Waals surface area contributed by atoms with Crippen LogP contribution < -0.4 is 0 Å². The third-order valence-electron chi connectivity index (χ3n) is 2.68. The zero-order chi connectivity index (χ0) is 15.5. The van der Waals surface area contributed by atoms with Gasteiger partial charge in [0.1, 0.15) is 6.61 Å². The van der Waals surface area contributed by atoms with Crippen LogP contribution in [0.15, 0.2) is 30.3 Å². The predicted octanol–water partition coefficient (Wildman–Crippen LogP) is 2.48. The highest BCUT2D eigenvalue weighted by Crippen LogP contribution is 2.02. The van der Waals surface area contributed by atoms with Crippen LogP contribution in [0.1, 0.15) is 32.3 Å². The summed E-state index contributed by atoms with van der Waals surface area (Å²) >= 11 is 0. The van der Waals surface area contributed by atoms with E-state index in [9.17, 15) is 9.59 Å². The van der Waals surface area contributed by atoms with Crippen LogP contribution in [0.5, 0.6) is 0 Å². The third kappa shape index (κ3) is 7.46. The summed E-state index contributed by atoms with van der Waals surface area (Å²) in [5.74, 6) is -0.940. The molecule has 0 heterocycles. The summed E-state index contributed by atoms with van der Waals surface area (Å²) in [6.45, 7) is 4.28. The van der Waals surface area contributed by atoms with Crippen molar-refractivity contribution < 1.29 is 23.8 Å². The molecular formula is C16H22O5. The Morgan fingerprint density at radius 2 is 1.86 bits per heavy atom. The molecule has 21 heavy (non-hydrogen) atoms. The van der Waals surface area contributed by atoms with Gasteiger partial charge in [-0.25, -0.2) is 4.79 Å². The number of hydrogen-bond donors (Lipinski definition) is 0. The van der Waals surface area contributed by atoms with Crippen molar-refractivity contribution in [3.05, 3.63) is 35.9 Å². The van der Waals surface area contributed by atoms with Crippen molar-refractivity contribution >= 4 is 11.9 Å². The average molecular weight is 294 g/mol. The Bertz CT molecular complexity index is 430. The maximum absolute atomic E-state index is 11.6. The summed E-state index contributed by atoms with van der Waals surface area (Å²) in [6.07, 6.45) is 0.115. The SMILES string of the molecule is CCCC(=O)O[C@@H](C)C(=O)OCCOCc1ccccc1. The molecule has 0 spiro atoms. The fourth-order valence-corrected chi connectivity index (χ4v) is 1.59. The maximum atomic E-state index is 11.6. The van der Waals surface area contributed by atoms with Crippen molar-refractivity contribution in [2.24, 2.45) is 0 Å². The lowest BCUT2D eigenvalue weighted by Gasteiger charge is -2.12. The molecule has 0 saturated carbocycles. The monoisotopic (exact) mass is 294 g/mol. The summed E-state index contributed by atoms with van der Waals surface area (Å²) in [5.41, 5.74) is 1.06. The zero-order valence-electron chi connectivity index (χ0n) is 12.5. The fourth-order valence-electron chi connectivity index (χ4n) is 1.59. The van der Waals surface area contributed by atoms with Crippen LogP contribution in [0.2, 0.25) is 0 Å². The molecule has 116 valence electrons. The molecule has 0 unspecified atom stereocenters. The van der Waals surface area contributed by atoms with E-state index in [0.29, 0.717) is 26.1 Å². The van der Waals surface area contributed by atoms with Crippen molar-refractivity contribution in [3.63, 3.8) is 0 Å². The van der Waals surface area contributed by atoms with Crippen LogP contribution in [-0.2, 0) is 30.4 Å². The number of hydrogen-bond acceptors (Lipinski definition) is 5. The van der Waals surface area contributed by atoms with Crippen molar-refractivity contribution in [2.75, 3.05) is 13.2 Å². The van der Waals surface area contributed by atoms with Gasteiger partial charge in [-0.3, -0.25) is 4.79 Å². The Kier molecular flexibility index (Phi) is 8.12. The lowest BCUT2D eigenvalue weighted by molar-refractivity contribution is -0.167. The maximum Gasteiger partial charge on any atom is 0.347 e. The Morgan fingerprint density at radius 3 is 2.52 bits per heavy atom. The minimum Gasteiger partial charge on any atom is -0.461 e.